The fraction of sp³-hybridized carbons (Fsp3) is 0.235. The van der Waals surface area contributed by atoms with E-state index in [9.17, 15) is 4.79 Å². The molecular weight excluding hydrogens is 344 g/mol. The van der Waals surface area contributed by atoms with E-state index in [1.54, 1.807) is 0 Å². The Morgan fingerprint density at radius 3 is 2.73 bits per heavy atom. The summed E-state index contributed by atoms with van der Waals surface area (Å²) in [5, 5.41) is 5.47. The van der Waals surface area contributed by atoms with Crippen molar-refractivity contribution >= 4 is 22.0 Å². The Bertz CT molecular complexity index is 632. The van der Waals surface area contributed by atoms with Crippen LogP contribution in [0, 0.1) is 0 Å². The van der Waals surface area contributed by atoms with Crippen molar-refractivity contribution in [1.82, 2.24) is 10.6 Å². The molecule has 22 heavy (non-hydrogen) atoms. The maximum absolute atomic E-state index is 11.7. The average molecular weight is 363 g/mol. The quantitative estimate of drug-likeness (QED) is 0.766. The van der Waals surface area contributed by atoms with Crippen LogP contribution in [0.3, 0.4) is 0 Å². The van der Waals surface area contributed by atoms with E-state index in [-0.39, 0.29) is 12.8 Å². The molecule has 5 heteroatoms. The first-order valence-corrected chi connectivity index (χ1v) is 7.95. The summed E-state index contributed by atoms with van der Waals surface area (Å²) in [6.07, 6.45) is 0.894. The molecule has 0 aliphatic heterocycles. The van der Waals surface area contributed by atoms with Crippen LogP contribution in [-0.4, -0.2) is 12.8 Å². The molecule has 0 aliphatic rings. The highest BCUT2D eigenvalue weighted by atomic mass is 79.9. The molecule has 116 valence electrons. The van der Waals surface area contributed by atoms with Crippen molar-refractivity contribution < 1.29 is 9.53 Å². The third kappa shape index (κ3) is 5.07. The zero-order valence-electron chi connectivity index (χ0n) is 12.4. The Balaban J connectivity index is 1.74. The molecule has 0 radical (unpaired) electrons. The SMILES string of the molecule is CCc1ccccc1OCNC(=O)NCc1cccc(Br)c1. The maximum Gasteiger partial charge on any atom is 0.317 e. The number of hydrogen-bond acceptors (Lipinski definition) is 2. The summed E-state index contributed by atoms with van der Waals surface area (Å²) >= 11 is 3.40. The van der Waals surface area contributed by atoms with E-state index < -0.39 is 0 Å². The molecule has 0 heterocycles. The van der Waals surface area contributed by atoms with Crippen LogP contribution >= 0.6 is 15.9 Å². The van der Waals surface area contributed by atoms with E-state index >= 15 is 0 Å². The number of halogens is 1. The Kier molecular flexibility index (Phi) is 6.27. The number of benzene rings is 2. The van der Waals surface area contributed by atoms with Crippen LogP contribution < -0.4 is 15.4 Å². The van der Waals surface area contributed by atoms with Gasteiger partial charge in [0.05, 0.1) is 0 Å². The summed E-state index contributed by atoms with van der Waals surface area (Å²) in [6.45, 7) is 2.68. The van der Waals surface area contributed by atoms with E-state index in [1.165, 1.54) is 0 Å². The van der Waals surface area contributed by atoms with Crippen LogP contribution in [-0.2, 0) is 13.0 Å². The first-order valence-electron chi connectivity index (χ1n) is 7.16. The fourth-order valence-electron chi connectivity index (χ4n) is 2.01. The van der Waals surface area contributed by atoms with Gasteiger partial charge in [-0.05, 0) is 35.7 Å². The Morgan fingerprint density at radius 1 is 1.14 bits per heavy atom. The molecule has 2 rings (SSSR count). The molecule has 0 fully saturated rings. The second-order valence-electron chi connectivity index (χ2n) is 4.74. The van der Waals surface area contributed by atoms with Crippen molar-refractivity contribution in [2.75, 3.05) is 6.73 Å². The lowest BCUT2D eigenvalue weighted by Crippen LogP contribution is -2.37. The summed E-state index contributed by atoms with van der Waals surface area (Å²) < 4.78 is 6.58. The van der Waals surface area contributed by atoms with Crippen LogP contribution in [0.2, 0.25) is 0 Å². The van der Waals surface area contributed by atoms with Crippen molar-refractivity contribution in [3.8, 4) is 5.75 Å². The number of rotatable bonds is 6. The number of urea groups is 1. The summed E-state index contributed by atoms with van der Waals surface area (Å²) in [5.41, 5.74) is 2.15. The summed E-state index contributed by atoms with van der Waals surface area (Å²) in [4.78, 5) is 11.7. The van der Waals surface area contributed by atoms with Gasteiger partial charge in [-0.2, -0.15) is 0 Å². The normalized spacial score (nSPS) is 10.1. The lowest BCUT2D eigenvalue weighted by molar-refractivity contribution is 0.223. The van der Waals surface area contributed by atoms with E-state index in [2.05, 4.69) is 33.5 Å². The third-order valence-electron chi connectivity index (χ3n) is 3.16. The number of ether oxygens (including phenoxy) is 1. The minimum Gasteiger partial charge on any atom is -0.473 e. The number of hydrogen-bond donors (Lipinski definition) is 2. The van der Waals surface area contributed by atoms with Crippen LogP contribution in [0.25, 0.3) is 0 Å². The topological polar surface area (TPSA) is 50.4 Å². The minimum absolute atomic E-state index is 0.140. The maximum atomic E-state index is 11.7. The van der Waals surface area contributed by atoms with Crippen molar-refractivity contribution in [3.05, 3.63) is 64.1 Å². The van der Waals surface area contributed by atoms with Crippen molar-refractivity contribution in [1.29, 1.82) is 0 Å². The molecule has 0 unspecified atom stereocenters. The molecule has 0 bridgehead atoms. The van der Waals surface area contributed by atoms with Gasteiger partial charge in [0.25, 0.3) is 0 Å². The first-order chi connectivity index (χ1) is 10.7. The second kappa shape index (κ2) is 8.44. The predicted octanol–water partition coefficient (Wildman–Crippen LogP) is 3.85. The van der Waals surface area contributed by atoms with Gasteiger partial charge >= 0.3 is 6.03 Å². The van der Waals surface area contributed by atoms with E-state index in [4.69, 9.17) is 4.74 Å². The van der Waals surface area contributed by atoms with Crippen LogP contribution in [0.15, 0.2) is 53.0 Å². The monoisotopic (exact) mass is 362 g/mol. The molecule has 0 aromatic heterocycles. The number of carbonyl (C=O) groups excluding carboxylic acids is 1. The molecule has 2 amide bonds. The minimum atomic E-state index is -0.256. The standard InChI is InChI=1S/C17H19BrN2O2/c1-2-14-7-3-4-9-16(14)22-12-20-17(21)19-11-13-6-5-8-15(18)10-13/h3-10H,2,11-12H2,1H3,(H2,19,20,21). The van der Waals surface area contributed by atoms with Crippen LogP contribution in [0.1, 0.15) is 18.1 Å². The highest BCUT2D eigenvalue weighted by Crippen LogP contribution is 2.17. The van der Waals surface area contributed by atoms with E-state index in [0.29, 0.717) is 6.54 Å². The zero-order chi connectivity index (χ0) is 15.8. The summed E-state index contributed by atoms with van der Waals surface area (Å²) in [7, 11) is 0. The molecule has 2 aromatic rings. The van der Waals surface area contributed by atoms with Gasteiger partial charge in [0.15, 0.2) is 6.73 Å². The molecule has 0 saturated carbocycles. The van der Waals surface area contributed by atoms with Gasteiger partial charge in [-0.25, -0.2) is 4.79 Å². The molecule has 4 nitrogen and oxygen atoms in total. The van der Waals surface area contributed by atoms with Crippen LogP contribution in [0.4, 0.5) is 4.79 Å². The number of nitrogens with one attached hydrogen (secondary N) is 2. The average Bonchev–Trinajstić information content (AvgIpc) is 2.53. The highest BCUT2D eigenvalue weighted by molar-refractivity contribution is 9.10. The molecule has 2 aromatic carbocycles. The third-order valence-corrected chi connectivity index (χ3v) is 3.65. The number of para-hydroxylation sites is 1. The van der Waals surface area contributed by atoms with Crippen molar-refractivity contribution in [2.45, 2.75) is 19.9 Å². The number of amides is 2. The second-order valence-corrected chi connectivity index (χ2v) is 5.66. The zero-order valence-corrected chi connectivity index (χ0v) is 14.0. The van der Waals surface area contributed by atoms with Gasteiger partial charge in [-0.3, -0.25) is 0 Å². The van der Waals surface area contributed by atoms with Gasteiger partial charge in [0, 0.05) is 11.0 Å². The lowest BCUT2D eigenvalue weighted by Gasteiger charge is -2.12. The van der Waals surface area contributed by atoms with Gasteiger partial charge < -0.3 is 15.4 Å². The fourth-order valence-corrected chi connectivity index (χ4v) is 2.45. The molecule has 2 N–H and O–H groups in total. The first kappa shape index (κ1) is 16.4. The molecule has 0 saturated heterocycles. The van der Waals surface area contributed by atoms with Gasteiger partial charge in [-0.15, -0.1) is 0 Å². The molecular formula is C17H19BrN2O2. The van der Waals surface area contributed by atoms with Crippen molar-refractivity contribution in [2.24, 2.45) is 0 Å². The van der Waals surface area contributed by atoms with Crippen molar-refractivity contribution in [3.63, 3.8) is 0 Å². The molecule has 0 spiro atoms. The Labute approximate surface area is 139 Å². The van der Waals surface area contributed by atoms with E-state index in [1.807, 2.05) is 48.5 Å². The lowest BCUT2D eigenvalue weighted by atomic mass is 10.1. The number of carbonyl (C=O) groups is 1. The highest BCUT2D eigenvalue weighted by Gasteiger charge is 2.03. The van der Waals surface area contributed by atoms with Gasteiger partial charge in [0.2, 0.25) is 0 Å². The molecule has 0 atom stereocenters. The van der Waals surface area contributed by atoms with Crippen LogP contribution in [0.5, 0.6) is 5.75 Å². The molecule has 0 aliphatic carbocycles. The van der Waals surface area contributed by atoms with Gasteiger partial charge in [0.1, 0.15) is 5.75 Å². The predicted molar refractivity (Wildman–Crippen MR) is 90.8 cm³/mol. The van der Waals surface area contributed by atoms with Gasteiger partial charge in [-0.1, -0.05) is 53.2 Å². The smallest absolute Gasteiger partial charge is 0.317 e. The Hall–Kier alpha value is -2.01. The van der Waals surface area contributed by atoms with E-state index in [0.717, 1.165) is 27.8 Å². The summed E-state index contributed by atoms with van der Waals surface area (Å²) in [6, 6.07) is 15.4. The Morgan fingerprint density at radius 2 is 1.95 bits per heavy atom. The summed E-state index contributed by atoms with van der Waals surface area (Å²) in [5.74, 6) is 0.803. The largest absolute Gasteiger partial charge is 0.473 e. The number of aryl methyl sites for hydroxylation is 1.